The lowest BCUT2D eigenvalue weighted by Crippen LogP contribution is -2.43. The van der Waals surface area contributed by atoms with Gasteiger partial charge in [-0.05, 0) is 37.3 Å². The highest BCUT2D eigenvalue weighted by molar-refractivity contribution is 6.30. The van der Waals surface area contributed by atoms with Crippen LogP contribution in [0, 0.1) is 6.92 Å². The monoisotopic (exact) mass is 328 g/mol. The minimum absolute atomic E-state index is 0.343. The second kappa shape index (κ2) is 6.71. The number of aliphatic imine (C=N–C) groups is 1. The third-order valence-electron chi connectivity index (χ3n) is 3.49. The van der Waals surface area contributed by atoms with E-state index in [-0.39, 0.29) is 6.03 Å². The van der Waals surface area contributed by atoms with Crippen LogP contribution in [0.25, 0.3) is 0 Å². The Kier molecular flexibility index (Phi) is 4.48. The third kappa shape index (κ3) is 3.81. The number of rotatable bonds is 2. The molecule has 1 heterocycles. The molecular weight excluding hydrogens is 312 g/mol. The van der Waals surface area contributed by atoms with E-state index in [1.807, 2.05) is 36.1 Å². The van der Waals surface area contributed by atoms with Gasteiger partial charge in [-0.2, -0.15) is 0 Å². The van der Waals surface area contributed by atoms with Gasteiger partial charge in [0.05, 0.1) is 6.54 Å². The second-order valence-corrected chi connectivity index (χ2v) is 5.72. The van der Waals surface area contributed by atoms with Gasteiger partial charge < -0.3 is 10.2 Å². The van der Waals surface area contributed by atoms with Crippen LogP contribution in [0.3, 0.4) is 0 Å². The zero-order valence-electron chi connectivity index (χ0n) is 12.7. The fourth-order valence-corrected chi connectivity index (χ4v) is 2.55. The molecule has 0 radical (unpaired) electrons. The minimum atomic E-state index is -0.343. The molecule has 3 rings (SSSR count). The van der Waals surface area contributed by atoms with Gasteiger partial charge in [0.1, 0.15) is 0 Å². The summed E-state index contributed by atoms with van der Waals surface area (Å²) in [5.41, 5.74) is 2.84. The molecule has 2 N–H and O–H groups in total. The lowest BCUT2D eigenvalue weighted by molar-refractivity contribution is 0.256. The van der Waals surface area contributed by atoms with Gasteiger partial charge in [0.25, 0.3) is 0 Å². The first-order valence-corrected chi connectivity index (χ1v) is 7.72. The Hall–Kier alpha value is -2.53. The van der Waals surface area contributed by atoms with E-state index in [4.69, 9.17) is 11.6 Å². The van der Waals surface area contributed by atoms with Crippen LogP contribution in [-0.2, 0) is 0 Å². The van der Waals surface area contributed by atoms with Gasteiger partial charge in [-0.3, -0.25) is 10.3 Å². The Labute approximate surface area is 140 Å². The van der Waals surface area contributed by atoms with Crippen molar-refractivity contribution in [1.29, 1.82) is 0 Å². The summed E-state index contributed by atoms with van der Waals surface area (Å²) in [7, 11) is 0. The maximum Gasteiger partial charge on any atom is 0.326 e. The van der Waals surface area contributed by atoms with E-state index < -0.39 is 0 Å². The van der Waals surface area contributed by atoms with Gasteiger partial charge in [-0.25, -0.2) is 4.79 Å². The fourth-order valence-electron chi connectivity index (χ4n) is 2.36. The van der Waals surface area contributed by atoms with Crippen molar-refractivity contribution in [3.63, 3.8) is 0 Å². The van der Waals surface area contributed by atoms with E-state index in [2.05, 4.69) is 15.6 Å². The second-order valence-electron chi connectivity index (χ2n) is 5.28. The lowest BCUT2D eigenvalue weighted by Gasteiger charge is -2.21. The molecule has 6 heteroatoms. The van der Waals surface area contributed by atoms with Gasteiger partial charge in [0.2, 0.25) is 5.96 Å². The van der Waals surface area contributed by atoms with Crippen LogP contribution in [-0.4, -0.2) is 25.1 Å². The van der Waals surface area contributed by atoms with Crippen LogP contribution in [0.15, 0.2) is 53.5 Å². The fraction of sp³-hybridized carbons (Fsp3) is 0.176. The third-order valence-corrected chi connectivity index (χ3v) is 3.73. The quantitative estimate of drug-likeness (QED) is 0.884. The van der Waals surface area contributed by atoms with Gasteiger partial charge in [-0.1, -0.05) is 35.4 Å². The van der Waals surface area contributed by atoms with E-state index in [0.717, 1.165) is 12.2 Å². The highest BCUT2D eigenvalue weighted by atomic mass is 35.5. The van der Waals surface area contributed by atoms with Crippen molar-refractivity contribution in [2.75, 3.05) is 23.3 Å². The standard InChI is InChI=1S/C17H17ClN4O/c1-12-5-7-15(8-6-12)22-10-9-19-16(22)21-17(23)20-14-4-2-3-13(18)11-14/h2-8,11H,9-10H2,1H3,(H2,19,20,21,23). The predicted octanol–water partition coefficient (Wildman–Crippen LogP) is 3.65. The molecular formula is C17H17ClN4O. The molecule has 0 unspecified atom stereocenters. The van der Waals surface area contributed by atoms with Crippen molar-refractivity contribution in [1.82, 2.24) is 5.32 Å². The number of guanidine groups is 1. The number of urea groups is 1. The molecule has 0 fully saturated rings. The predicted molar refractivity (Wildman–Crippen MR) is 94.4 cm³/mol. The summed E-state index contributed by atoms with van der Waals surface area (Å²) >= 11 is 5.91. The zero-order valence-corrected chi connectivity index (χ0v) is 13.5. The van der Waals surface area contributed by atoms with Crippen molar-refractivity contribution in [2.24, 2.45) is 4.99 Å². The van der Waals surface area contributed by atoms with Gasteiger partial charge in [-0.15, -0.1) is 0 Å². The molecule has 2 aromatic rings. The lowest BCUT2D eigenvalue weighted by atomic mass is 10.2. The average molecular weight is 329 g/mol. The van der Waals surface area contributed by atoms with Crippen LogP contribution in [0.5, 0.6) is 0 Å². The number of benzene rings is 2. The van der Waals surface area contributed by atoms with Crippen LogP contribution < -0.4 is 15.5 Å². The Bertz CT molecular complexity index is 743. The van der Waals surface area contributed by atoms with Crippen molar-refractivity contribution >= 4 is 35.0 Å². The number of hydrogen-bond donors (Lipinski definition) is 2. The molecule has 5 nitrogen and oxygen atoms in total. The first-order valence-electron chi connectivity index (χ1n) is 7.34. The number of halogens is 1. The van der Waals surface area contributed by atoms with Crippen LogP contribution in [0.2, 0.25) is 5.02 Å². The molecule has 0 atom stereocenters. The van der Waals surface area contributed by atoms with E-state index in [0.29, 0.717) is 23.2 Å². The van der Waals surface area contributed by atoms with E-state index >= 15 is 0 Å². The average Bonchev–Trinajstić information content (AvgIpc) is 2.96. The zero-order chi connectivity index (χ0) is 16.2. The normalized spacial score (nSPS) is 13.7. The van der Waals surface area contributed by atoms with Gasteiger partial charge in [0.15, 0.2) is 0 Å². The molecule has 2 amide bonds. The number of carbonyl (C=O) groups is 1. The Balaban J connectivity index is 1.66. The number of hydrogen-bond acceptors (Lipinski definition) is 3. The first-order chi connectivity index (χ1) is 11.1. The summed E-state index contributed by atoms with van der Waals surface area (Å²) in [6.07, 6.45) is 0. The van der Waals surface area contributed by atoms with Crippen molar-refractivity contribution in [3.05, 3.63) is 59.1 Å². The summed E-state index contributed by atoms with van der Waals surface area (Å²) < 4.78 is 0. The first kappa shape index (κ1) is 15.4. The molecule has 1 aliphatic rings. The summed E-state index contributed by atoms with van der Waals surface area (Å²) in [5.74, 6) is 0.549. The molecule has 0 saturated carbocycles. The Morgan fingerprint density at radius 1 is 1.17 bits per heavy atom. The van der Waals surface area contributed by atoms with E-state index in [1.54, 1.807) is 24.3 Å². The molecule has 0 saturated heterocycles. The Morgan fingerprint density at radius 3 is 2.70 bits per heavy atom. The number of nitrogens with one attached hydrogen (secondary N) is 2. The van der Waals surface area contributed by atoms with Crippen molar-refractivity contribution in [3.8, 4) is 0 Å². The summed E-state index contributed by atoms with van der Waals surface area (Å²) in [5, 5.41) is 6.11. The number of anilines is 2. The maximum atomic E-state index is 12.1. The molecule has 0 spiro atoms. The SMILES string of the molecule is Cc1ccc(N2CCN=C2NC(=O)Nc2cccc(Cl)c2)cc1. The van der Waals surface area contributed by atoms with Crippen LogP contribution >= 0.6 is 11.6 Å². The van der Waals surface area contributed by atoms with Crippen molar-refractivity contribution in [2.45, 2.75) is 6.92 Å². The molecule has 0 aliphatic carbocycles. The molecule has 118 valence electrons. The summed E-state index contributed by atoms with van der Waals surface area (Å²) in [6.45, 7) is 3.44. The van der Waals surface area contributed by atoms with Crippen LogP contribution in [0.4, 0.5) is 16.2 Å². The molecule has 23 heavy (non-hydrogen) atoms. The number of aryl methyl sites for hydroxylation is 1. The molecule has 1 aliphatic heterocycles. The highest BCUT2D eigenvalue weighted by Gasteiger charge is 2.20. The minimum Gasteiger partial charge on any atom is -0.310 e. The maximum absolute atomic E-state index is 12.1. The molecule has 0 bridgehead atoms. The smallest absolute Gasteiger partial charge is 0.310 e. The highest BCUT2D eigenvalue weighted by Crippen LogP contribution is 2.18. The van der Waals surface area contributed by atoms with E-state index in [1.165, 1.54) is 5.56 Å². The number of nitrogens with zero attached hydrogens (tertiary/aromatic N) is 2. The molecule has 0 aromatic heterocycles. The Morgan fingerprint density at radius 2 is 1.96 bits per heavy atom. The van der Waals surface area contributed by atoms with E-state index in [9.17, 15) is 4.79 Å². The van der Waals surface area contributed by atoms with Gasteiger partial charge in [0, 0.05) is 22.9 Å². The summed E-state index contributed by atoms with van der Waals surface area (Å²) in [4.78, 5) is 18.5. The van der Waals surface area contributed by atoms with Gasteiger partial charge >= 0.3 is 6.03 Å². The largest absolute Gasteiger partial charge is 0.326 e. The number of carbonyl (C=O) groups excluding carboxylic acids is 1. The van der Waals surface area contributed by atoms with Crippen molar-refractivity contribution < 1.29 is 4.79 Å². The topological polar surface area (TPSA) is 56.7 Å². The van der Waals surface area contributed by atoms with Crippen LogP contribution in [0.1, 0.15) is 5.56 Å². The number of amides is 2. The molecule has 2 aromatic carbocycles. The summed E-state index contributed by atoms with van der Waals surface area (Å²) in [6, 6.07) is 14.8.